The summed E-state index contributed by atoms with van der Waals surface area (Å²) in [5, 5.41) is 7.18. The van der Waals surface area contributed by atoms with Gasteiger partial charge in [-0.15, -0.1) is 0 Å². The highest BCUT2D eigenvalue weighted by atomic mass is 16.5. The van der Waals surface area contributed by atoms with Crippen molar-refractivity contribution >= 4 is 5.91 Å². The van der Waals surface area contributed by atoms with E-state index in [4.69, 9.17) is 4.74 Å². The Morgan fingerprint density at radius 2 is 2.04 bits per heavy atom. The van der Waals surface area contributed by atoms with Crippen LogP contribution in [0.2, 0.25) is 0 Å². The smallest absolute Gasteiger partial charge is 0.224 e. The average Bonchev–Trinajstić information content (AvgIpc) is 3.02. The summed E-state index contributed by atoms with van der Waals surface area (Å²) in [4.78, 5) is 14.6. The van der Waals surface area contributed by atoms with Crippen LogP contribution in [0.25, 0.3) is 0 Å². The summed E-state index contributed by atoms with van der Waals surface area (Å²) in [6, 6.07) is 10.5. The van der Waals surface area contributed by atoms with Crippen LogP contribution in [-0.4, -0.2) is 53.4 Å². The number of morpholine rings is 1. The van der Waals surface area contributed by atoms with Gasteiger partial charge in [0.15, 0.2) is 0 Å². The Balaban J connectivity index is 1.62. The standard InChI is InChI=1S/C18H24N4O2/c1-21-14-15(12-20-21)11-18(23)19-13-17(16-5-3-2-4-6-16)22-7-9-24-10-8-22/h2-6,12,14,17H,7-11,13H2,1H3,(H,19,23). The summed E-state index contributed by atoms with van der Waals surface area (Å²) < 4.78 is 7.17. The number of nitrogens with one attached hydrogen (secondary N) is 1. The van der Waals surface area contributed by atoms with Crippen molar-refractivity contribution in [2.75, 3.05) is 32.8 Å². The van der Waals surface area contributed by atoms with E-state index in [1.165, 1.54) is 5.56 Å². The lowest BCUT2D eigenvalue weighted by molar-refractivity contribution is -0.120. The van der Waals surface area contributed by atoms with Crippen LogP contribution in [0, 0.1) is 0 Å². The Hall–Kier alpha value is -2.18. The second-order valence-corrected chi connectivity index (χ2v) is 6.08. The second kappa shape index (κ2) is 8.08. The van der Waals surface area contributed by atoms with E-state index in [1.54, 1.807) is 10.9 Å². The number of aryl methyl sites for hydroxylation is 1. The Labute approximate surface area is 142 Å². The lowest BCUT2D eigenvalue weighted by Crippen LogP contribution is -2.44. The summed E-state index contributed by atoms with van der Waals surface area (Å²) in [5.74, 6) is 0.0252. The van der Waals surface area contributed by atoms with Gasteiger partial charge in [-0.2, -0.15) is 5.10 Å². The van der Waals surface area contributed by atoms with Crippen molar-refractivity contribution in [1.29, 1.82) is 0 Å². The van der Waals surface area contributed by atoms with E-state index in [2.05, 4.69) is 27.4 Å². The minimum absolute atomic E-state index is 0.0252. The van der Waals surface area contributed by atoms with Gasteiger partial charge in [-0.3, -0.25) is 14.4 Å². The van der Waals surface area contributed by atoms with Gasteiger partial charge in [-0.05, 0) is 11.1 Å². The maximum absolute atomic E-state index is 12.2. The van der Waals surface area contributed by atoms with Gasteiger partial charge in [-0.1, -0.05) is 30.3 Å². The third-order valence-corrected chi connectivity index (χ3v) is 4.29. The van der Waals surface area contributed by atoms with Crippen molar-refractivity contribution < 1.29 is 9.53 Å². The Morgan fingerprint density at radius 1 is 1.29 bits per heavy atom. The van der Waals surface area contributed by atoms with E-state index in [0.29, 0.717) is 13.0 Å². The van der Waals surface area contributed by atoms with Crippen molar-refractivity contribution in [1.82, 2.24) is 20.0 Å². The molecule has 2 heterocycles. The van der Waals surface area contributed by atoms with Gasteiger partial charge in [-0.25, -0.2) is 0 Å². The molecule has 0 saturated carbocycles. The van der Waals surface area contributed by atoms with Crippen molar-refractivity contribution in [2.45, 2.75) is 12.5 Å². The van der Waals surface area contributed by atoms with Gasteiger partial charge in [0, 0.05) is 32.9 Å². The topological polar surface area (TPSA) is 59.4 Å². The van der Waals surface area contributed by atoms with E-state index in [-0.39, 0.29) is 11.9 Å². The predicted molar refractivity (Wildman–Crippen MR) is 91.5 cm³/mol. The largest absolute Gasteiger partial charge is 0.379 e. The first-order valence-corrected chi connectivity index (χ1v) is 8.33. The number of hydrogen-bond donors (Lipinski definition) is 1. The molecule has 1 atom stereocenters. The van der Waals surface area contributed by atoms with Crippen molar-refractivity contribution in [2.24, 2.45) is 7.05 Å². The summed E-state index contributed by atoms with van der Waals surface area (Å²) >= 11 is 0. The molecule has 1 aromatic carbocycles. The minimum atomic E-state index is 0.0252. The third-order valence-electron chi connectivity index (χ3n) is 4.29. The van der Waals surface area contributed by atoms with Crippen molar-refractivity contribution in [3.8, 4) is 0 Å². The quantitative estimate of drug-likeness (QED) is 0.864. The van der Waals surface area contributed by atoms with Gasteiger partial charge < -0.3 is 10.1 Å². The molecule has 1 aliphatic heterocycles. The molecule has 24 heavy (non-hydrogen) atoms. The number of carbonyl (C=O) groups excluding carboxylic acids is 1. The summed E-state index contributed by atoms with van der Waals surface area (Å²) in [7, 11) is 1.85. The number of aromatic nitrogens is 2. The highest BCUT2D eigenvalue weighted by molar-refractivity contribution is 5.78. The molecule has 3 rings (SSSR count). The normalized spacial score (nSPS) is 16.7. The highest BCUT2D eigenvalue weighted by Crippen LogP contribution is 2.21. The van der Waals surface area contributed by atoms with E-state index < -0.39 is 0 Å². The fraction of sp³-hybridized carbons (Fsp3) is 0.444. The van der Waals surface area contributed by atoms with E-state index >= 15 is 0 Å². The van der Waals surface area contributed by atoms with Gasteiger partial charge in [0.2, 0.25) is 5.91 Å². The molecule has 0 bridgehead atoms. The molecule has 6 heteroatoms. The Bertz CT molecular complexity index is 650. The molecule has 0 spiro atoms. The average molecular weight is 328 g/mol. The van der Waals surface area contributed by atoms with Crippen LogP contribution >= 0.6 is 0 Å². The van der Waals surface area contributed by atoms with Gasteiger partial charge in [0.25, 0.3) is 0 Å². The molecule has 1 aromatic heterocycles. The molecule has 0 radical (unpaired) electrons. The van der Waals surface area contributed by atoms with Crippen LogP contribution in [0.5, 0.6) is 0 Å². The molecule has 1 unspecified atom stereocenters. The number of hydrogen-bond acceptors (Lipinski definition) is 4. The molecule has 1 amide bonds. The lowest BCUT2D eigenvalue weighted by Gasteiger charge is -2.35. The van der Waals surface area contributed by atoms with E-state index in [1.807, 2.05) is 31.4 Å². The van der Waals surface area contributed by atoms with Crippen molar-refractivity contribution in [3.63, 3.8) is 0 Å². The zero-order valence-corrected chi connectivity index (χ0v) is 14.0. The molecule has 1 aliphatic rings. The maximum Gasteiger partial charge on any atom is 0.224 e. The first kappa shape index (κ1) is 16.7. The summed E-state index contributed by atoms with van der Waals surface area (Å²) in [6.07, 6.45) is 3.96. The first-order chi connectivity index (χ1) is 11.7. The molecule has 0 aliphatic carbocycles. The zero-order chi connectivity index (χ0) is 16.8. The number of benzene rings is 1. The second-order valence-electron chi connectivity index (χ2n) is 6.08. The fourth-order valence-electron chi connectivity index (χ4n) is 3.04. The number of rotatable bonds is 6. The summed E-state index contributed by atoms with van der Waals surface area (Å²) in [5.41, 5.74) is 2.15. The molecule has 2 aromatic rings. The first-order valence-electron chi connectivity index (χ1n) is 8.33. The van der Waals surface area contributed by atoms with E-state index in [0.717, 1.165) is 31.9 Å². The van der Waals surface area contributed by atoms with E-state index in [9.17, 15) is 4.79 Å². The molecular weight excluding hydrogens is 304 g/mol. The van der Waals surface area contributed by atoms with Crippen LogP contribution in [0.1, 0.15) is 17.2 Å². The predicted octanol–water partition coefficient (Wildman–Crippen LogP) is 1.15. The van der Waals surface area contributed by atoms with Crippen LogP contribution in [-0.2, 0) is 23.0 Å². The van der Waals surface area contributed by atoms with Crippen LogP contribution in [0.3, 0.4) is 0 Å². The molecule has 1 N–H and O–H groups in total. The van der Waals surface area contributed by atoms with Gasteiger partial charge in [0.05, 0.1) is 31.9 Å². The van der Waals surface area contributed by atoms with Crippen LogP contribution in [0.4, 0.5) is 0 Å². The fourth-order valence-corrected chi connectivity index (χ4v) is 3.04. The van der Waals surface area contributed by atoms with Gasteiger partial charge in [0.1, 0.15) is 0 Å². The highest BCUT2D eigenvalue weighted by Gasteiger charge is 2.23. The monoisotopic (exact) mass is 328 g/mol. The Morgan fingerprint density at radius 3 is 2.71 bits per heavy atom. The number of nitrogens with zero attached hydrogens (tertiary/aromatic N) is 3. The van der Waals surface area contributed by atoms with Crippen LogP contribution in [0.15, 0.2) is 42.7 Å². The number of ether oxygens (including phenoxy) is 1. The molecule has 1 saturated heterocycles. The molecule has 128 valence electrons. The molecular formula is C18H24N4O2. The lowest BCUT2D eigenvalue weighted by atomic mass is 10.0. The minimum Gasteiger partial charge on any atom is -0.379 e. The SMILES string of the molecule is Cn1cc(CC(=O)NCC(c2ccccc2)N2CCOCC2)cn1. The Kier molecular flexibility index (Phi) is 5.61. The number of carbonyl (C=O) groups is 1. The maximum atomic E-state index is 12.2. The summed E-state index contributed by atoms with van der Waals surface area (Å²) in [6.45, 7) is 3.86. The number of amides is 1. The van der Waals surface area contributed by atoms with Crippen molar-refractivity contribution in [3.05, 3.63) is 53.9 Å². The third kappa shape index (κ3) is 4.43. The van der Waals surface area contributed by atoms with Gasteiger partial charge >= 0.3 is 0 Å². The zero-order valence-electron chi connectivity index (χ0n) is 14.0. The van der Waals surface area contributed by atoms with Crippen LogP contribution < -0.4 is 5.32 Å². The molecule has 1 fully saturated rings. The molecule has 6 nitrogen and oxygen atoms in total.